The van der Waals surface area contributed by atoms with Crippen molar-refractivity contribution in [3.8, 4) is 11.5 Å². The van der Waals surface area contributed by atoms with Crippen LogP contribution in [0.15, 0.2) is 29.3 Å². The van der Waals surface area contributed by atoms with Gasteiger partial charge in [-0.1, -0.05) is 0 Å². The summed E-state index contributed by atoms with van der Waals surface area (Å²) in [5.74, 6) is 2.27. The fraction of sp³-hybridized carbons (Fsp3) is 0.632. The second-order valence-electron chi connectivity index (χ2n) is 6.59. The zero-order valence-electron chi connectivity index (χ0n) is 16.6. The highest BCUT2D eigenvalue weighted by molar-refractivity contribution is 5.79. The molecule has 1 aliphatic rings. The van der Waals surface area contributed by atoms with Gasteiger partial charge in [-0.3, -0.25) is 9.89 Å². The molecule has 1 aliphatic heterocycles. The summed E-state index contributed by atoms with van der Waals surface area (Å²) in [6.07, 6.45) is -3.41. The van der Waals surface area contributed by atoms with Gasteiger partial charge in [0.05, 0.1) is 13.7 Å². The van der Waals surface area contributed by atoms with Gasteiger partial charge in [0.2, 0.25) is 0 Å². The van der Waals surface area contributed by atoms with E-state index in [9.17, 15) is 13.2 Å². The Morgan fingerprint density at radius 2 is 1.75 bits per heavy atom. The highest BCUT2D eigenvalue weighted by Gasteiger charge is 2.41. The van der Waals surface area contributed by atoms with E-state index in [2.05, 4.69) is 10.3 Å². The van der Waals surface area contributed by atoms with Gasteiger partial charge in [-0.05, 0) is 37.6 Å². The molecule has 0 bridgehead atoms. The van der Waals surface area contributed by atoms with Crippen LogP contribution in [0, 0.1) is 0 Å². The first-order valence-corrected chi connectivity index (χ1v) is 9.38. The van der Waals surface area contributed by atoms with Crippen LogP contribution in [0.3, 0.4) is 0 Å². The normalized spacial score (nSPS) is 17.4. The summed E-state index contributed by atoms with van der Waals surface area (Å²) < 4.78 is 49.3. The lowest BCUT2D eigenvalue weighted by atomic mass is 10.2. The summed E-state index contributed by atoms with van der Waals surface area (Å²) in [6.45, 7) is 4.19. The maximum absolute atomic E-state index is 12.8. The highest BCUT2D eigenvalue weighted by Crippen LogP contribution is 2.25. The second-order valence-corrected chi connectivity index (χ2v) is 6.59. The van der Waals surface area contributed by atoms with Crippen LogP contribution in [0.25, 0.3) is 0 Å². The number of aliphatic imine (C=N–C) groups is 1. The molecule has 0 spiro atoms. The predicted octanol–water partition coefficient (Wildman–Crippen LogP) is 2.61. The summed E-state index contributed by atoms with van der Waals surface area (Å²) >= 11 is 0. The number of guanidine groups is 1. The van der Waals surface area contributed by atoms with Crippen molar-refractivity contribution < 1.29 is 22.6 Å². The number of hydrogen-bond acceptors (Lipinski definition) is 4. The molecule has 1 heterocycles. The first kappa shape index (κ1) is 22.1. The van der Waals surface area contributed by atoms with E-state index in [-0.39, 0.29) is 0 Å². The zero-order valence-corrected chi connectivity index (χ0v) is 16.6. The number of benzene rings is 1. The minimum absolute atomic E-state index is 0.363. The molecule has 9 heteroatoms. The number of nitrogens with one attached hydrogen (secondary N) is 1. The molecule has 0 saturated carbocycles. The molecular weight excluding hydrogens is 373 g/mol. The fourth-order valence-electron chi connectivity index (χ4n) is 2.99. The van der Waals surface area contributed by atoms with Crippen molar-refractivity contribution in [2.45, 2.75) is 25.6 Å². The third-order valence-corrected chi connectivity index (χ3v) is 4.78. The minimum atomic E-state index is -4.19. The number of hydrogen-bond donors (Lipinski definition) is 1. The summed E-state index contributed by atoms with van der Waals surface area (Å²) in [5, 5.41) is 3.25. The largest absolute Gasteiger partial charge is 0.497 e. The van der Waals surface area contributed by atoms with Gasteiger partial charge in [-0.25, -0.2) is 0 Å². The highest BCUT2D eigenvalue weighted by atomic mass is 19.4. The van der Waals surface area contributed by atoms with Crippen LogP contribution >= 0.6 is 0 Å². The van der Waals surface area contributed by atoms with Gasteiger partial charge < -0.3 is 19.7 Å². The maximum atomic E-state index is 12.8. The Labute approximate surface area is 164 Å². The van der Waals surface area contributed by atoms with E-state index in [0.29, 0.717) is 45.3 Å². The summed E-state index contributed by atoms with van der Waals surface area (Å²) in [4.78, 5) is 7.70. The molecule has 1 fully saturated rings. The molecular formula is C19H29F3N4O2. The van der Waals surface area contributed by atoms with Crippen LogP contribution in [-0.4, -0.2) is 81.5 Å². The molecule has 1 atom stereocenters. The monoisotopic (exact) mass is 402 g/mol. The van der Waals surface area contributed by atoms with Crippen molar-refractivity contribution in [2.75, 3.05) is 53.5 Å². The van der Waals surface area contributed by atoms with Crippen LogP contribution in [0.5, 0.6) is 11.5 Å². The molecule has 1 aromatic carbocycles. The van der Waals surface area contributed by atoms with Crippen molar-refractivity contribution in [3.63, 3.8) is 0 Å². The molecule has 158 valence electrons. The van der Waals surface area contributed by atoms with E-state index in [1.54, 1.807) is 14.2 Å². The van der Waals surface area contributed by atoms with E-state index in [4.69, 9.17) is 9.47 Å². The number of ether oxygens (including phenoxy) is 2. The third-order valence-electron chi connectivity index (χ3n) is 4.78. The van der Waals surface area contributed by atoms with Crippen LogP contribution in [-0.2, 0) is 0 Å². The number of methoxy groups -OCH3 is 1. The molecule has 1 saturated heterocycles. The quantitative estimate of drug-likeness (QED) is 0.432. The SMILES string of the molecule is CN=C(NCCCOc1ccc(OC)cc1)N1CCN(C(C)C(F)(F)F)CC1. The molecule has 1 aromatic rings. The van der Waals surface area contributed by atoms with E-state index < -0.39 is 12.2 Å². The lowest BCUT2D eigenvalue weighted by molar-refractivity contribution is -0.181. The van der Waals surface area contributed by atoms with Gasteiger partial charge in [-0.15, -0.1) is 0 Å². The van der Waals surface area contributed by atoms with Gasteiger partial charge in [-0.2, -0.15) is 13.2 Å². The predicted molar refractivity (Wildman–Crippen MR) is 103 cm³/mol. The summed E-state index contributed by atoms with van der Waals surface area (Å²) in [6, 6.07) is 5.97. The third kappa shape index (κ3) is 6.47. The Morgan fingerprint density at radius 1 is 1.14 bits per heavy atom. The Kier molecular flexibility index (Phi) is 8.22. The number of alkyl halides is 3. The van der Waals surface area contributed by atoms with Crippen LogP contribution in [0.4, 0.5) is 13.2 Å². The van der Waals surface area contributed by atoms with Crippen LogP contribution in [0.1, 0.15) is 13.3 Å². The van der Waals surface area contributed by atoms with E-state index in [1.165, 1.54) is 11.8 Å². The van der Waals surface area contributed by atoms with E-state index >= 15 is 0 Å². The first-order chi connectivity index (χ1) is 13.3. The van der Waals surface area contributed by atoms with Gasteiger partial charge in [0.25, 0.3) is 0 Å². The van der Waals surface area contributed by atoms with Crippen molar-refractivity contribution in [2.24, 2.45) is 4.99 Å². The topological polar surface area (TPSA) is 49.3 Å². The van der Waals surface area contributed by atoms with Crippen molar-refractivity contribution >= 4 is 5.96 Å². The molecule has 1 unspecified atom stereocenters. The van der Waals surface area contributed by atoms with Gasteiger partial charge in [0.1, 0.15) is 17.5 Å². The fourth-order valence-corrected chi connectivity index (χ4v) is 2.99. The smallest absolute Gasteiger partial charge is 0.403 e. The Hall–Kier alpha value is -2.16. The van der Waals surface area contributed by atoms with Crippen LogP contribution in [0.2, 0.25) is 0 Å². The van der Waals surface area contributed by atoms with Gasteiger partial charge in [0, 0.05) is 39.8 Å². The molecule has 2 rings (SSSR count). The van der Waals surface area contributed by atoms with Gasteiger partial charge >= 0.3 is 6.18 Å². The van der Waals surface area contributed by atoms with Gasteiger partial charge in [0.15, 0.2) is 5.96 Å². The van der Waals surface area contributed by atoms with Crippen molar-refractivity contribution in [1.29, 1.82) is 0 Å². The molecule has 0 amide bonds. The second kappa shape index (κ2) is 10.4. The van der Waals surface area contributed by atoms with E-state index in [0.717, 1.165) is 17.9 Å². The van der Waals surface area contributed by atoms with E-state index in [1.807, 2.05) is 29.2 Å². The summed E-state index contributed by atoms with van der Waals surface area (Å²) in [7, 11) is 3.30. The molecule has 6 nitrogen and oxygen atoms in total. The Balaban J connectivity index is 1.67. The lowest BCUT2D eigenvalue weighted by Crippen LogP contribution is -2.56. The zero-order chi connectivity index (χ0) is 20.6. The lowest BCUT2D eigenvalue weighted by Gasteiger charge is -2.39. The first-order valence-electron chi connectivity index (χ1n) is 9.38. The average molecular weight is 402 g/mol. The minimum Gasteiger partial charge on any atom is -0.497 e. The standard InChI is InChI=1S/C19H29F3N4O2/c1-15(19(20,21)22)25-10-12-26(13-11-25)18(23-2)24-9-4-14-28-17-7-5-16(27-3)6-8-17/h5-8,15H,4,9-14H2,1-3H3,(H,23,24). The molecule has 28 heavy (non-hydrogen) atoms. The average Bonchev–Trinajstić information content (AvgIpc) is 2.70. The van der Waals surface area contributed by atoms with Crippen molar-refractivity contribution in [1.82, 2.24) is 15.1 Å². The Morgan fingerprint density at radius 3 is 2.29 bits per heavy atom. The van der Waals surface area contributed by atoms with Crippen LogP contribution < -0.4 is 14.8 Å². The maximum Gasteiger partial charge on any atom is 0.403 e. The number of piperazine rings is 1. The molecule has 0 aliphatic carbocycles. The number of halogens is 3. The molecule has 1 N–H and O–H groups in total. The Bertz CT molecular complexity index is 615. The molecule has 0 aromatic heterocycles. The molecule has 0 radical (unpaired) electrons. The number of rotatable bonds is 7. The van der Waals surface area contributed by atoms with Crippen molar-refractivity contribution in [3.05, 3.63) is 24.3 Å². The summed E-state index contributed by atoms with van der Waals surface area (Å²) in [5.41, 5.74) is 0. The number of nitrogens with zero attached hydrogens (tertiary/aromatic N) is 3.